The molecule has 3 aromatic rings. The molecule has 1 aliphatic heterocycles. The SMILES string of the molecule is CCN(CC(=O)N1N=C(c2ccco2)CC1c1cccs1)Cc1ccc(OC)c(OC)c1. The molecular formula is C24H27N3O4S. The molecule has 0 saturated carbocycles. The van der Waals surface area contributed by atoms with Gasteiger partial charge >= 0.3 is 0 Å². The molecule has 8 heteroatoms. The van der Waals surface area contributed by atoms with Crippen LogP contribution in [0, 0.1) is 0 Å². The number of carbonyl (C=O) groups is 1. The van der Waals surface area contributed by atoms with Gasteiger partial charge in [-0.15, -0.1) is 11.3 Å². The maximum Gasteiger partial charge on any atom is 0.257 e. The van der Waals surface area contributed by atoms with Crippen LogP contribution in [-0.2, 0) is 11.3 Å². The predicted octanol–water partition coefficient (Wildman–Crippen LogP) is 4.56. The Morgan fingerprint density at radius 2 is 2.06 bits per heavy atom. The molecule has 1 aromatic carbocycles. The summed E-state index contributed by atoms with van der Waals surface area (Å²) >= 11 is 1.64. The molecule has 0 spiro atoms. The molecule has 0 N–H and O–H groups in total. The van der Waals surface area contributed by atoms with Crippen LogP contribution in [0.25, 0.3) is 0 Å². The van der Waals surface area contributed by atoms with E-state index in [1.807, 2.05) is 48.7 Å². The second kappa shape index (κ2) is 10.0. The van der Waals surface area contributed by atoms with Crippen molar-refractivity contribution in [2.45, 2.75) is 25.9 Å². The third-order valence-corrected chi connectivity index (χ3v) is 6.48. The van der Waals surface area contributed by atoms with E-state index in [2.05, 4.69) is 16.1 Å². The maximum atomic E-state index is 13.4. The van der Waals surface area contributed by atoms with Crippen LogP contribution in [0.1, 0.15) is 35.6 Å². The maximum absolute atomic E-state index is 13.4. The van der Waals surface area contributed by atoms with Gasteiger partial charge in [-0.1, -0.05) is 19.1 Å². The Labute approximate surface area is 191 Å². The molecule has 1 aliphatic rings. The Morgan fingerprint density at radius 3 is 2.72 bits per heavy atom. The van der Waals surface area contributed by atoms with Gasteiger partial charge in [-0.2, -0.15) is 5.10 Å². The molecule has 4 rings (SSSR count). The Bertz CT molecular complexity index is 1060. The second-order valence-electron chi connectivity index (χ2n) is 7.49. The Kier molecular flexibility index (Phi) is 6.92. The highest BCUT2D eigenvalue weighted by atomic mass is 32.1. The van der Waals surface area contributed by atoms with Crippen molar-refractivity contribution in [2.75, 3.05) is 27.3 Å². The summed E-state index contributed by atoms with van der Waals surface area (Å²) in [7, 11) is 3.24. The number of amides is 1. The Balaban J connectivity index is 1.51. The molecule has 7 nitrogen and oxygen atoms in total. The van der Waals surface area contributed by atoms with E-state index in [0.29, 0.717) is 30.2 Å². The quantitative estimate of drug-likeness (QED) is 0.475. The summed E-state index contributed by atoms with van der Waals surface area (Å²) in [5.41, 5.74) is 1.85. The second-order valence-corrected chi connectivity index (χ2v) is 8.47. The van der Waals surface area contributed by atoms with E-state index in [9.17, 15) is 4.79 Å². The lowest BCUT2D eigenvalue weighted by atomic mass is 10.1. The zero-order chi connectivity index (χ0) is 22.5. The third-order valence-electron chi connectivity index (χ3n) is 5.50. The van der Waals surface area contributed by atoms with Crippen LogP contribution < -0.4 is 9.47 Å². The van der Waals surface area contributed by atoms with Crippen molar-refractivity contribution in [3.8, 4) is 11.5 Å². The Morgan fingerprint density at radius 1 is 1.22 bits per heavy atom. The van der Waals surface area contributed by atoms with E-state index in [0.717, 1.165) is 22.7 Å². The molecule has 168 valence electrons. The number of hydrogen-bond acceptors (Lipinski definition) is 7. The summed E-state index contributed by atoms with van der Waals surface area (Å²) < 4.78 is 16.3. The van der Waals surface area contributed by atoms with Crippen molar-refractivity contribution in [3.05, 3.63) is 70.3 Å². The van der Waals surface area contributed by atoms with Gasteiger partial charge in [0.25, 0.3) is 5.91 Å². The zero-order valence-corrected chi connectivity index (χ0v) is 19.3. The number of hydrogen-bond donors (Lipinski definition) is 0. The lowest BCUT2D eigenvalue weighted by Gasteiger charge is -2.25. The third kappa shape index (κ3) is 4.71. The normalized spacial score (nSPS) is 15.8. The molecule has 1 amide bonds. The molecule has 2 aromatic heterocycles. The topological polar surface area (TPSA) is 67.5 Å². The molecule has 0 radical (unpaired) electrons. The molecule has 0 saturated heterocycles. The molecule has 1 atom stereocenters. The average Bonchev–Trinajstić information content (AvgIpc) is 3.58. The number of nitrogens with zero attached hydrogens (tertiary/aromatic N) is 3. The van der Waals surface area contributed by atoms with E-state index in [1.165, 1.54) is 0 Å². The fraction of sp³-hybridized carbons (Fsp3) is 0.333. The van der Waals surface area contributed by atoms with Gasteiger partial charge in [0.2, 0.25) is 0 Å². The number of hydrazone groups is 1. The number of thiophene rings is 1. The summed E-state index contributed by atoms with van der Waals surface area (Å²) in [6.07, 6.45) is 2.27. The minimum Gasteiger partial charge on any atom is -0.493 e. The highest BCUT2D eigenvalue weighted by Crippen LogP contribution is 2.35. The van der Waals surface area contributed by atoms with Gasteiger partial charge in [-0.05, 0) is 47.8 Å². The fourth-order valence-corrected chi connectivity index (χ4v) is 4.63. The van der Waals surface area contributed by atoms with E-state index in [4.69, 9.17) is 13.9 Å². The zero-order valence-electron chi connectivity index (χ0n) is 18.5. The van der Waals surface area contributed by atoms with Crippen LogP contribution in [0.5, 0.6) is 11.5 Å². The predicted molar refractivity (Wildman–Crippen MR) is 124 cm³/mol. The van der Waals surface area contributed by atoms with E-state index in [1.54, 1.807) is 36.8 Å². The van der Waals surface area contributed by atoms with Crippen molar-refractivity contribution < 1.29 is 18.7 Å². The van der Waals surface area contributed by atoms with Crippen LogP contribution in [-0.4, -0.2) is 48.8 Å². The van der Waals surface area contributed by atoms with Crippen LogP contribution in [0.2, 0.25) is 0 Å². The standard InChI is InChI=1S/C24H27N3O4S/c1-4-26(15-17-9-10-21(29-2)22(13-17)30-3)16-24(28)27-19(23-8-6-12-32-23)14-18(25-27)20-7-5-11-31-20/h5-13,19H,4,14-16H2,1-3H3. The smallest absolute Gasteiger partial charge is 0.257 e. The average molecular weight is 454 g/mol. The number of ether oxygens (including phenoxy) is 2. The number of methoxy groups -OCH3 is 2. The largest absolute Gasteiger partial charge is 0.493 e. The number of rotatable bonds is 9. The van der Waals surface area contributed by atoms with Gasteiger partial charge in [-0.25, -0.2) is 5.01 Å². The Hall–Kier alpha value is -3.10. The molecule has 0 aliphatic carbocycles. The first-order chi connectivity index (χ1) is 15.6. The van der Waals surface area contributed by atoms with Crippen LogP contribution >= 0.6 is 11.3 Å². The van der Waals surface area contributed by atoms with Gasteiger partial charge < -0.3 is 13.9 Å². The monoisotopic (exact) mass is 453 g/mol. The first kappa shape index (κ1) is 22.1. The van der Waals surface area contributed by atoms with Crippen molar-refractivity contribution in [1.82, 2.24) is 9.91 Å². The highest BCUT2D eigenvalue weighted by molar-refractivity contribution is 7.10. The molecular weight excluding hydrogens is 426 g/mol. The summed E-state index contributed by atoms with van der Waals surface area (Å²) in [6.45, 7) is 3.66. The minimum atomic E-state index is -0.109. The van der Waals surface area contributed by atoms with Crippen molar-refractivity contribution >= 4 is 23.0 Å². The summed E-state index contributed by atoms with van der Waals surface area (Å²) in [5.74, 6) is 2.04. The van der Waals surface area contributed by atoms with Crippen LogP contribution in [0.3, 0.4) is 0 Å². The van der Waals surface area contributed by atoms with Crippen LogP contribution in [0.15, 0.2) is 63.6 Å². The number of benzene rings is 1. The van der Waals surface area contributed by atoms with Crippen molar-refractivity contribution in [2.24, 2.45) is 5.10 Å². The van der Waals surface area contributed by atoms with Gasteiger partial charge in [0.1, 0.15) is 11.5 Å². The number of carbonyl (C=O) groups excluding carboxylic acids is 1. The molecule has 0 bridgehead atoms. The summed E-state index contributed by atoms with van der Waals surface area (Å²) in [5, 5.41) is 8.31. The minimum absolute atomic E-state index is 0.0349. The molecule has 3 heterocycles. The lowest BCUT2D eigenvalue weighted by Crippen LogP contribution is -2.37. The van der Waals surface area contributed by atoms with Gasteiger partial charge in [-0.3, -0.25) is 9.69 Å². The highest BCUT2D eigenvalue weighted by Gasteiger charge is 2.35. The first-order valence-electron chi connectivity index (χ1n) is 10.5. The van der Waals surface area contributed by atoms with E-state index in [-0.39, 0.29) is 18.5 Å². The van der Waals surface area contributed by atoms with Gasteiger partial charge in [0.15, 0.2) is 11.5 Å². The first-order valence-corrected chi connectivity index (χ1v) is 11.4. The summed E-state index contributed by atoms with van der Waals surface area (Å²) in [4.78, 5) is 16.6. The number of furan rings is 1. The van der Waals surface area contributed by atoms with Crippen LogP contribution in [0.4, 0.5) is 0 Å². The molecule has 0 fully saturated rings. The molecule has 1 unspecified atom stereocenters. The van der Waals surface area contributed by atoms with Gasteiger partial charge in [0.05, 0.1) is 33.1 Å². The fourth-order valence-electron chi connectivity index (χ4n) is 3.81. The van der Waals surface area contributed by atoms with Crippen molar-refractivity contribution in [1.29, 1.82) is 0 Å². The lowest BCUT2D eigenvalue weighted by molar-refractivity contribution is -0.134. The molecule has 32 heavy (non-hydrogen) atoms. The number of likely N-dealkylation sites (N-methyl/N-ethyl adjacent to an activating group) is 1. The summed E-state index contributed by atoms with van der Waals surface area (Å²) in [6, 6.07) is 13.5. The van der Waals surface area contributed by atoms with E-state index < -0.39 is 0 Å². The van der Waals surface area contributed by atoms with E-state index >= 15 is 0 Å². The van der Waals surface area contributed by atoms with Gasteiger partial charge in [0, 0.05) is 17.8 Å². The van der Waals surface area contributed by atoms with Crippen molar-refractivity contribution in [3.63, 3.8) is 0 Å².